The van der Waals surface area contributed by atoms with Crippen molar-refractivity contribution in [3.8, 4) is 11.3 Å². The van der Waals surface area contributed by atoms with Crippen LogP contribution in [0.15, 0.2) is 30.6 Å². The maximum atomic E-state index is 9.94. The van der Waals surface area contributed by atoms with Gasteiger partial charge in [-0.1, -0.05) is 0 Å². The minimum absolute atomic E-state index is 0.427. The maximum absolute atomic E-state index is 9.94. The second kappa shape index (κ2) is 4.22. The average molecular weight is 229 g/mol. The van der Waals surface area contributed by atoms with Gasteiger partial charge in [0, 0.05) is 23.7 Å². The standard InChI is InChI=1S/C13H15N3O/c1-9-7-11(10-5-4-6-14-8-10)16-12(15-9)13(2,3)17/h4-8,17H,1-3H3. The lowest BCUT2D eigenvalue weighted by Crippen LogP contribution is -2.20. The summed E-state index contributed by atoms with van der Waals surface area (Å²) in [4.78, 5) is 12.7. The summed E-state index contributed by atoms with van der Waals surface area (Å²) in [5.74, 6) is 0.427. The number of aromatic nitrogens is 3. The molecule has 0 saturated heterocycles. The fourth-order valence-corrected chi connectivity index (χ4v) is 1.50. The van der Waals surface area contributed by atoms with Crippen LogP contribution in [0.25, 0.3) is 11.3 Å². The van der Waals surface area contributed by atoms with E-state index in [1.165, 1.54) is 0 Å². The molecule has 4 heteroatoms. The molecule has 0 atom stereocenters. The van der Waals surface area contributed by atoms with Gasteiger partial charge in [0.25, 0.3) is 0 Å². The molecule has 1 N–H and O–H groups in total. The van der Waals surface area contributed by atoms with Crippen LogP contribution in [-0.2, 0) is 5.60 Å². The fourth-order valence-electron chi connectivity index (χ4n) is 1.50. The van der Waals surface area contributed by atoms with Crippen molar-refractivity contribution in [2.24, 2.45) is 0 Å². The van der Waals surface area contributed by atoms with Gasteiger partial charge in [-0.2, -0.15) is 0 Å². The van der Waals surface area contributed by atoms with Crippen LogP contribution in [-0.4, -0.2) is 20.1 Å². The number of aliphatic hydroxyl groups is 1. The molecule has 2 rings (SSSR count). The minimum atomic E-state index is -1.04. The van der Waals surface area contributed by atoms with E-state index in [2.05, 4.69) is 15.0 Å². The molecule has 0 bridgehead atoms. The van der Waals surface area contributed by atoms with Gasteiger partial charge in [0.15, 0.2) is 5.82 Å². The number of aryl methyl sites for hydroxylation is 1. The van der Waals surface area contributed by atoms with Gasteiger partial charge in [0.1, 0.15) is 5.60 Å². The highest BCUT2D eigenvalue weighted by Crippen LogP contribution is 2.21. The van der Waals surface area contributed by atoms with Gasteiger partial charge in [-0.3, -0.25) is 4.98 Å². The number of hydrogen-bond donors (Lipinski definition) is 1. The Kier molecular flexibility index (Phi) is 2.90. The molecular weight excluding hydrogens is 214 g/mol. The van der Waals surface area contributed by atoms with E-state index in [1.807, 2.05) is 25.1 Å². The Morgan fingerprint density at radius 1 is 1.24 bits per heavy atom. The van der Waals surface area contributed by atoms with Gasteiger partial charge in [0.05, 0.1) is 5.69 Å². The topological polar surface area (TPSA) is 58.9 Å². The van der Waals surface area contributed by atoms with Crippen LogP contribution >= 0.6 is 0 Å². The van der Waals surface area contributed by atoms with Crippen molar-refractivity contribution < 1.29 is 5.11 Å². The van der Waals surface area contributed by atoms with Gasteiger partial charge in [0.2, 0.25) is 0 Å². The van der Waals surface area contributed by atoms with Crippen molar-refractivity contribution in [3.05, 3.63) is 42.1 Å². The van der Waals surface area contributed by atoms with Crippen LogP contribution < -0.4 is 0 Å². The molecule has 0 aliphatic rings. The summed E-state index contributed by atoms with van der Waals surface area (Å²) < 4.78 is 0. The van der Waals surface area contributed by atoms with Crippen molar-refractivity contribution in [3.63, 3.8) is 0 Å². The molecule has 0 fully saturated rings. The minimum Gasteiger partial charge on any atom is -0.382 e. The maximum Gasteiger partial charge on any atom is 0.160 e. The quantitative estimate of drug-likeness (QED) is 0.856. The second-order valence-electron chi connectivity index (χ2n) is 4.52. The van der Waals surface area contributed by atoms with E-state index in [9.17, 15) is 5.11 Å². The molecule has 0 aliphatic heterocycles. The Hall–Kier alpha value is -1.81. The molecule has 0 aliphatic carbocycles. The molecular formula is C13H15N3O. The van der Waals surface area contributed by atoms with Gasteiger partial charge in [-0.15, -0.1) is 0 Å². The van der Waals surface area contributed by atoms with E-state index in [1.54, 1.807) is 26.2 Å². The van der Waals surface area contributed by atoms with Crippen LogP contribution in [0.3, 0.4) is 0 Å². The molecule has 0 aromatic carbocycles. The van der Waals surface area contributed by atoms with E-state index in [-0.39, 0.29) is 0 Å². The molecule has 2 heterocycles. The molecule has 0 unspecified atom stereocenters. The third-order valence-corrected chi connectivity index (χ3v) is 2.36. The zero-order chi connectivity index (χ0) is 12.5. The van der Waals surface area contributed by atoms with Gasteiger partial charge < -0.3 is 5.11 Å². The van der Waals surface area contributed by atoms with Crippen LogP contribution in [0.5, 0.6) is 0 Å². The van der Waals surface area contributed by atoms with E-state index in [0.29, 0.717) is 5.82 Å². The molecule has 4 nitrogen and oxygen atoms in total. The predicted molar refractivity (Wildman–Crippen MR) is 65.2 cm³/mol. The zero-order valence-electron chi connectivity index (χ0n) is 10.2. The summed E-state index contributed by atoms with van der Waals surface area (Å²) in [6, 6.07) is 5.67. The normalized spacial score (nSPS) is 11.5. The van der Waals surface area contributed by atoms with Crippen molar-refractivity contribution >= 4 is 0 Å². The summed E-state index contributed by atoms with van der Waals surface area (Å²) in [7, 11) is 0. The lowest BCUT2D eigenvalue weighted by Gasteiger charge is -2.16. The van der Waals surface area contributed by atoms with Crippen LogP contribution in [0.4, 0.5) is 0 Å². The summed E-state index contributed by atoms with van der Waals surface area (Å²) in [5.41, 5.74) is 1.49. The highest BCUT2D eigenvalue weighted by atomic mass is 16.3. The summed E-state index contributed by atoms with van der Waals surface area (Å²) in [6.45, 7) is 5.24. The molecule has 2 aromatic rings. The van der Waals surface area contributed by atoms with Crippen LogP contribution in [0, 0.1) is 6.92 Å². The fraction of sp³-hybridized carbons (Fsp3) is 0.308. The zero-order valence-corrected chi connectivity index (χ0v) is 10.2. The van der Waals surface area contributed by atoms with E-state index in [0.717, 1.165) is 17.0 Å². The van der Waals surface area contributed by atoms with Crippen molar-refractivity contribution in [2.75, 3.05) is 0 Å². The van der Waals surface area contributed by atoms with E-state index in [4.69, 9.17) is 0 Å². The Morgan fingerprint density at radius 3 is 2.59 bits per heavy atom. The Morgan fingerprint density at radius 2 is 2.00 bits per heavy atom. The Labute approximate surface area is 100 Å². The summed E-state index contributed by atoms with van der Waals surface area (Å²) >= 11 is 0. The smallest absolute Gasteiger partial charge is 0.160 e. The summed E-state index contributed by atoms with van der Waals surface area (Å²) in [5, 5.41) is 9.94. The summed E-state index contributed by atoms with van der Waals surface area (Å²) in [6.07, 6.45) is 3.46. The Balaban J connectivity index is 2.54. The lowest BCUT2D eigenvalue weighted by atomic mass is 10.1. The number of nitrogens with zero attached hydrogens (tertiary/aromatic N) is 3. The monoisotopic (exact) mass is 229 g/mol. The molecule has 0 saturated carbocycles. The van der Waals surface area contributed by atoms with Crippen molar-refractivity contribution in [2.45, 2.75) is 26.4 Å². The molecule has 0 radical (unpaired) electrons. The van der Waals surface area contributed by atoms with Gasteiger partial charge in [-0.05, 0) is 39.0 Å². The molecule has 0 amide bonds. The molecule has 0 spiro atoms. The highest BCUT2D eigenvalue weighted by Gasteiger charge is 2.20. The van der Waals surface area contributed by atoms with E-state index < -0.39 is 5.60 Å². The number of hydrogen-bond acceptors (Lipinski definition) is 4. The SMILES string of the molecule is Cc1cc(-c2cccnc2)nc(C(C)(C)O)n1. The molecule has 2 aromatic heterocycles. The molecule has 17 heavy (non-hydrogen) atoms. The van der Waals surface area contributed by atoms with Crippen molar-refractivity contribution in [1.29, 1.82) is 0 Å². The highest BCUT2D eigenvalue weighted by molar-refractivity contribution is 5.57. The first-order chi connectivity index (χ1) is 7.97. The van der Waals surface area contributed by atoms with Crippen molar-refractivity contribution in [1.82, 2.24) is 15.0 Å². The second-order valence-corrected chi connectivity index (χ2v) is 4.52. The average Bonchev–Trinajstić information content (AvgIpc) is 2.28. The Bertz CT molecular complexity index is 518. The first kappa shape index (κ1) is 11.7. The first-order valence-corrected chi connectivity index (χ1v) is 5.46. The number of rotatable bonds is 2. The van der Waals surface area contributed by atoms with Crippen LogP contribution in [0.1, 0.15) is 25.4 Å². The van der Waals surface area contributed by atoms with Gasteiger partial charge in [-0.25, -0.2) is 9.97 Å². The van der Waals surface area contributed by atoms with Crippen LogP contribution in [0.2, 0.25) is 0 Å². The third-order valence-electron chi connectivity index (χ3n) is 2.36. The largest absolute Gasteiger partial charge is 0.382 e. The third kappa shape index (κ3) is 2.65. The first-order valence-electron chi connectivity index (χ1n) is 5.46. The number of pyridine rings is 1. The lowest BCUT2D eigenvalue weighted by molar-refractivity contribution is 0.0686. The predicted octanol–water partition coefficient (Wildman–Crippen LogP) is 2.07. The van der Waals surface area contributed by atoms with Gasteiger partial charge >= 0.3 is 0 Å². The van der Waals surface area contributed by atoms with E-state index >= 15 is 0 Å². The molecule has 88 valence electrons.